The Morgan fingerprint density at radius 1 is 1.17 bits per heavy atom. The minimum Gasteiger partial charge on any atom is -0.394 e. The highest BCUT2D eigenvalue weighted by Gasteiger charge is 2.39. The van der Waals surface area contributed by atoms with Gasteiger partial charge in [0.1, 0.15) is 17.3 Å². The molecule has 0 unspecified atom stereocenters. The number of aromatic nitrogens is 5. The van der Waals surface area contributed by atoms with Gasteiger partial charge in [0.25, 0.3) is 0 Å². The van der Waals surface area contributed by atoms with Gasteiger partial charge in [0.05, 0.1) is 29.6 Å². The number of aliphatic hydroxyl groups is 1. The average molecular weight is 404 g/mol. The summed E-state index contributed by atoms with van der Waals surface area (Å²) >= 11 is 0. The van der Waals surface area contributed by atoms with Crippen LogP contribution in [-0.4, -0.2) is 36.7 Å². The third kappa shape index (κ3) is 3.80. The van der Waals surface area contributed by atoms with E-state index in [1.54, 1.807) is 16.9 Å². The zero-order valence-electron chi connectivity index (χ0n) is 15.6. The van der Waals surface area contributed by atoms with Gasteiger partial charge < -0.3 is 10.4 Å². The Morgan fingerprint density at radius 3 is 2.62 bits per heavy atom. The fraction of sp³-hybridized carbons (Fsp3) is 0.368. The lowest BCUT2D eigenvalue weighted by Crippen LogP contribution is -2.44. The number of nitrogens with zero attached hydrogens (tertiary/aromatic N) is 5. The quantitative estimate of drug-likeness (QED) is 0.675. The zero-order chi connectivity index (χ0) is 20.6. The second kappa shape index (κ2) is 7.11. The molecule has 3 heterocycles. The van der Waals surface area contributed by atoms with Gasteiger partial charge in [-0.2, -0.15) is 13.2 Å². The Labute approximate surface area is 164 Å². The summed E-state index contributed by atoms with van der Waals surface area (Å²) in [5.74, 6) is 0.392. The number of hydrogen-bond acceptors (Lipinski definition) is 6. The number of alkyl halides is 3. The predicted molar refractivity (Wildman–Crippen MR) is 99.4 cm³/mol. The van der Waals surface area contributed by atoms with Gasteiger partial charge in [-0.3, -0.25) is 0 Å². The molecule has 1 aliphatic rings. The number of rotatable bonds is 5. The summed E-state index contributed by atoms with van der Waals surface area (Å²) in [5, 5.41) is 20.8. The maximum Gasteiger partial charge on any atom is 0.416 e. The summed E-state index contributed by atoms with van der Waals surface area (Å²) < 4.78 is 40.4. The Morgan fingerprint density at radius 2 is 1.97 bits per heavy atom. The van der Waals surface area contributed by atoms with E-state index in [0.717, 1.165) is 43.2 Å². The summed E-state index contributed by atoms with van der Waals surface area (Å²) in [6, 6.07) is 5.36. The summed E-state index contributed by atoms with van der Waals surface area (Å²) in [5.41, 5.74) is 0.699. The van der Waals surface area contributed by atoms with Crippen LogP contribution in [0.3, 0.4) is 0 Å². The van der Waals surface area contributed by atoms with Crippen molar-refractivity contribution in [3.8, 4) is 11.4 Å². The molecule has 1 saturated carbocycles. The average Bonchev–Trinajstić information content (AvgIpc) is 3.11. The van der Waals surface area contributed by atoms with E-state index < -0.39 is 17.3 Å². The van der Waals surface area contributed by atoms with Crippen molar-refractivity contribution < 1.29 is 18.3 Å². The Hall–Kier alpha value is -3.01. The first-order chi connectivity index (χ1) is 13.8. The number of pyridine rings is 2. The topological polar surface area (TPSA) is 88.8 Å². The highest BCUT2D eigenvalue weighted by Crippen LogP contribution is 2.38. The molecule has 1 fully saturated rings. The van der Waals surface area contributed by atoms with Crippen LogP contribution in [-0.2, 0) is 11.7 Å². The zero-order valence-corrected chi connectivity index (χ0v) is 15.6. The standard InChI is InChI=1S/C19H19F3N6O/c1-12-7-14(15-10-28(27-26-15)18(11-29)4-2-5-18)24-17(8-12)25-16-9-13(3-6-23-16)19(20,21)22/h3,6-10,29H,2,4-5,11H2,1H3,(H,23,24,25). The van der Waals surface area contributed by atoms with Gasteiger partial charge in [-0.1, -0.05) is 5.21 Å². The van der Waals surface area contributed by atoms with E-state index in [2.05, 4.69) is 25.6 Å². The first-order valence-electron chi connectivity index (χ1n) is 9.12. The van der Waals surface area contributed by atoms with Crippen LogP contribution in [0.4, 0.5) is 24.8 Å². The molecule has 29 heavy (non-hydrogen) atoms. The second-order valence-corrected chi connectivity index (χ2v) is 7.25. The summed E-state index contributed by atoms with van der Waals surface area (Å²) in [6.45, 7) is 1.84. The molecule has 0 atom stereocenters. The van der Waals surface area contributed by atoms with Gasteiger partial charge >= 0.3 is 6.18 Å². The molecule has 0 aromatic carbocycles. The fourth-order valence-electron chi connectivity index (χ4n) is 3.33. The molecule has 0 amide bonds. The lowest BCUT2D eigenvalue weighted by atomic mass is 9.77. The highest BCUT2D eigenvalue weighted by atomic mass is 19.4. The van der Waals surface area contributed by atoms with Crippen molar-refractivity contribution in [1.82, 2.24) is 25.0 Å². The number of aryl methyl sites for hydroxylation is 1. The van der Waals surface area contributed by atoms with E-state index in [4.69, 9.17) is 0 Å². The van der Waals surface area contributed by atoms with Gasteiger partial charge in [0, 0.05) is 6.20 Å². The minimum absolute atomic E-state index is 0.00886. The van der Waals surface area contributed by atoms with Crippen LogP contribution < -0.4 is 5.32 Å². The predicted octanol–water partition coefficient (Wildman–Crippen LogP) is 3.68. The maximum atomic E-state index is 12.9. The molecule has 0 aliphatic heterocycles. The number of hydrogen-bond donors (Lipinski definition) is 2. The lowest BCUT2D eigenvalue weighted by molar-refractivity contribution is -0.137. The van der Waals surface area contributed by atoms with Crippen molar-refractivity contribution in [2.75, 3.05) is 11.9 Å². The fourth-order valence-corrected chi connectivity index (χ4v) is 3.33. The SMILES string of the molecule is Cc1cc(Nc2cc(C(F)(F)F)ccn2)nc(-c2cn(C3(CO)CCC3)nn2)c1. The molecule has 3 aromatic heterocycles. The molecule has 0 bridgehead atoms. The van der Waals surface area contributed by atoms with Crippen LogP contribution >= 0.6 is 0 Å². The van der Waals surface area contributed by atoms with Crippen LogP contribution in [0.5, 0.6) is 0 Å². The molecule has 4 rings (SSSR count). The van der Waals surface area contributed by atoms with E-state index in [1.807, 2.05) is 13.0 Å². The monoisotopic (exact) mass is 404 g/mol. The molecular weight excluding hydrogens is 385 g/mol. The van der Waals surface area contributed by atoms with Crippen molar-refractivity contribution >= 4 is 11.6 Å². The van der Waals surface area contributed by atoms with E-state index in [-0.39, 0.29) is 12.4 Å². The molecule has 0 spiro atoms. The molecule has 3 aromatic rings. The molecule has 0 radical (unpaired) electrons. The number of aliphatic hydroxyl groups excluding tert-OH is 1. The summed E-state index contributed by atoms with van der Waals surface area (Å²) in [6.07, 6.45) is 1.08. The van der Waals surface area contributed by atoms with E-state index in [9.17, 15) is 18.3 Å². The minimum atomic E-state index is -4.45. The maximum absolute atomic E-state index is 12.9. The highest BCUT2D eigenvalue weighted by molar-refractivity contribution is 5.61. The Kier molecular flexibility index (Phi) is 4.73. The molecule has 2 N–H and O–H groups in total. The number of anilines is 2. The number of halogens is 3. The van der Waals surface area contributed by atoms with Crippen molar-refractivity contribution in [2.24, 2.45) is 0 Å². The van der Waals surface area contributed by atoms with Gasteiger partial charge in [0.2, 0.25) is 0 Å². The van der Waals surface area contributed by atoms with Crippen molar-refractivity contribution in [3.05, 3.63) is 47.8 Å². The summed E-state index contributed by atoms with van der Waals surface area (Å²) in [4.78, 5) is 8.38. The van der Waals surface area contributed by atoms with Crippen molar-refractivity contribution in [1.29, 1.82) is 0 Å². The first-order valence-corrected chi connectivity index (χ1v) is 9.12. The molecule has 1 aliphatic carbocycles. The van der Waals surface area contributed by atoms with Crippen LogP contribution in [0, 0.1) is 6.92 Å². The van der Waals surface area contributed by atoms with Gasteiger partial charge in [-0.05, 0) is 56.0 Å². The summed E-state index contributed by atoms with van der Waals surface area (Å²) in [7, 11) is 0. The van der Waals surface area contributed by atoms with Crippen LogP contribution in [0.15, 0.2) is 36.7 Å². The van der Waals surface area contributed by atoms with Crippen molar-refractivity contribution in [3.63, 3.8) is 0 Å². The largest absolute Gasteiger partial charge is 0.416 e. The molecule has 152 valence electrons. The van der Waals surface area contributed by atoms with Gasteiger partial charge in [-0.25, -0.2) is 14.6 Å². The van der Waals surface area contributed by atoms with E-state index >= 15 is 0 Å². The Balaban J connectivity index is 1.61. The van der Waals surface area contributed by atoms with E-state index in [1.165, 1.54) is 0 Å². The third-order valence-corrected chi connectivity index (χ3v) is 5.13. The molecule has 10 heteroatoms. The molecule has 0 saturated heterocycles. The lowest BCUT2D eigenvalue weighted by Gasteiger charge is -2.39. The molecule has 7 nitrogen and oxygen atoms in total. The Bertz CT molecular complexity index is 1020. The van der Waals surface area contributed by atoms with Gasteiger partial charge in [-0.15, -0.1) is 5.10 Å². The van der Waals surface area contributed by atoms with E-state index in [0.29, 0.717) is 17.2 Å². The number of nitrogens with one attached hydrogen (secondary N) is 1. The normalized spacial score (nSPS) is 15.8. The van der Waals surface area contributed by atoms with Crippen LogP contribution in [0.1, 0.15) is 30.4 Å². The molecular formula is C19H19F3N6O. The smallest absolute Gasteiger partial charge is 0.394 e. The second-order valence-electron chi connectivity index (χ2n) is 7.25. The first kappa shape index (κ1) is 19.3. The van der Waals surface area contributed by atoms with Crippen molar-refractivity contribution in [2.45, 2.75) is 37.9 Å². The van der Waals surface area contributed by atoms with Crippen LogP contribution in [0.25, 0.3) is 11.4 Å². The van der Waals surface area contributed by atoms with Crippen LogP contribution in [0.2, 0.25) is 0 Å². The third-order valence-electron chi connectivity index (χ3n) is 5.13. The van der Waals surface area contributed by atoms with Gasteiger partial charge in [0.15, 0.2) is 0 Å².